The van der Waals surface area contributed by atoms with E-state index in [2.05, 4.69) is 34.5 Å². The van der Waals surface area contributed by atoms with Gasteiger partial charge in [0.15, 0.2) is 0 Å². The van der Waals surface area contributed by atoms with Gasteiger partial charge in [0.25, 0.3) is 0 Å². The molecule has 2 rings (SSSR count). The Balaban J connectivity index is 0.00000200. The van der Waals surface area contributed by atoms with Crippen LogP contribution in [0.25, 0.3) is 0 Å². The van der Waals surface area contributed by atoms with Gasteiger partial charge in [-0.2, -0.15) is 0 Å². The van der Waals surface area contributed by atoms with Crippen molar-refractivity contribution in [2.45, 2.75) is 32.3 Å². The van der Waals surface area contributed by atoms with Crippen molar-refractivity contribution in [1.29, 1.82) is 0 Å². The van der Waals surface area contributed by atoms with Crippen LogP contribution in [0.15, 0.2) is 30.3 Å². The van der Waals surface area contributed by atoms with Crippen molar-refractivity contribution < 1.29 is 5.11 Å². The summed E-state index contributed by atoms with van der Waals surface area (Å²) in [6.07, 6.45) is 3.06. The molecular weight excluding hydrogens is 272 g/mol. The van der Waals surface area contributed by atoms with E-state index in [1.165, 1.54) is 18.5 Å². The largest absolute Gasteiger partial charge is 0.391 e. The fraction of sp³-hybridized carbons (Fsp3) is 0.625. The maximum Gasteiger partial charge on any atom is 0.0712 e. The first-order valence-corrected chi connectivity index (χ1v) is 7.48. The Labute approximate surface area is 128 Å². The van der Waals surface area contributed by atoms with Crippen molar-refractivity contribution in [3.05, 3.63) is 30.3 Å². The molecule has 3 nitrogen and oxygen atoms in total. The molecule has 20 heavy (non-hydrogen) atoms. The van der Waals surface area contributed by atoms with Gasteiger partial charge in [-0.1, -0.05) is 25.1 Å². The third kappa shape index (κ3) is 5.31. The van der Waals surface area contributed by atoms with E-state index < -0.39 is 0 Å². The van der Waals surface area contributed by atoms with E-state index in [0.717, 1.165) is 38.5 Å². The number of rotatable bonds is 6. The Morgan fingerprint density at radius 2 is 1.90 bits per heavy atom. The van der Waals surface area contributed by atoms with E-state index in [1.807, 2.05) is 13.0 Å². The maximum atomic E-state index is 9.97. The molecule has 0 bridgehead atoms. The molecule has 1 fully saturated rings. The highest BCUT2D eigenvalue weighted by Gasteiger charge is 2.18. The summed E-state index contributed by atoms with van der Waals surface area (Å²) in [7, 11) is 0. The summed E-state index contributed by atoms with van der Waals surface area (Å²) in [5, 5.41) is 13.4. The fourth-order valence-corrected chi connectivity index (χ4v) is 2.68. The van der Waals surface area contributed by atoms with Crippen LogP contribution >= 0.6 is 12.4 Å². The molecule has 1 aromatic rings. The first kappa shape index (κ1) is 17.3. The topological polar surface area (TPSA) is 35.5 Å². The number of nitrogens with zero attached hydrogens (tertiary/aromatic N) is 1. The normalized spacial score (nSPS) is 17.3. The fourth-order valence-electron chi connectivity index (χ4n) is 2.68. The van der Waals surface area contributed by atoms with Gasteiger partial charge in [0.05, 0.1) is 6.10 Å². The first-order valence-electron chi connectivity index (χ1n) is 7.48. The zero-order chi connectivity index (χ0) is 13.5. The highest BCUT2D eigenvalue weighted by atomic mass is 35.5. The van der Waals surface area contributed by atoms with Crippen LogP contribution in [-0.2, 0) is 0 Å². The molecule has 1 aliphatic heterocycles. The van der Waals surface area contributed by atoms with Crippen LogP contribution in [-0.4, -0.2) is 37.4 Å². The molecule has 0 saturated carbocycles. The van der Waals surface area contributed by atoms with Gasteiger partial charge in [0, 0.05) is 18.8 Å². The van der Waals surface area contributed by atoms with E-state index in [1.54, 1.807) is 0 Å². The molecule has 0 spiro atoms. The quantitative estimate of drug-likeness (QED) is 0.847. The minimum atomic E-state index is -0.234. The average molecular weight is 299 g/mol. The van der Waals surface area contributed by atoms with Gasteiger partial charge in [0.2, 0.25) is 0 Å². The lowest BCUT2D eigenvalue weighted by atomic mass is 9.97. The molecule has 1 atom stereocenters. The van der Waals surface area contributed by atoms with Gasteiger partial charge >= 0.3 is 0 Å². The lowest BCUT2D eigenvalue weighted by molar-refractivity contribution is 0.173. The van der Waals surface area contributed by atoms with Crippen molar-refractivity contribution >= 4 is 18.1 Å². The van der Waals surface area contributed by atoms with E-state index in [4.69, 9.17) is 0 Å². The van der Waals surface area contributed by atoms with Gasteiger partial charge < -0.3 is 15.3 Å². The standard InChI is InChI=1S/C16H26N2O.ClH/c1-2-16(19)13-18(15-6-4-3-5-7-15)12-14-8-10-17-11-9-14;/h3-7,14,16-17,19H,2,8-13H2,1H3;1H. The third-order valence-corrected chi connectivity index (χ3v) is 3.96. The number of para-hydroxylation sites is 1. The van der Waals surface area contributed by atoms with Crippen LogP contribution in [0.5, 0.6) is 0 Å². The van der Waals surface area contributed by atoms with Crippen molar-refractivity contribution in [2.24, 2.45) is 5.92 Å². The second kappa shape index (κ2) is 9.22. The molecule has 0 aliphatic carbocycles. The second-order valence-corrected chi connectivity index (χ2v) is 5.50. The molecule has 0 aromatic heterocycles. The molecule has 1 unspecified atom stereocenters. The second-order valence-electron chi connectivity index (χ2n) is 5.50. The summed E-state index contributed by atoms with van der Waals surface area (Å²) in [5.41, 5.74) is 1.23. The Morgan fingerprint density at radius 1 is 1.25 bits per heavy atom. The molecular formula is C16H27ClN2O. The third-order valence-electron chi connectivity index (χ3n) is 3.96. The van der Waals surface area contributed by atoms with E-state index in [-0.39, 0.29) is 18.5 Å². The summed E-state index contributed by atoms with van der Waals surface area (Å²) < 4.78 is 0. The summed E-state index contributed by atoms with van der Waals surface area (Å²) in [5.74, 6) is 0.741. The summed E-state index contributed by atoms with van der Waals surface area (Å²) in [4.78, 5) is 2.35. The van der Waals surface area contributed by atoms with Gasteiger partial charge in [-0.05, 0) is 50.4 Å². The number of aliphatic hydroxyl groups excluding tert-OH is 1. The van der Waals surface area contributed by atoms with Crippen LogP contribution in [0.2, 0.25) is 0 Å². The first-order chi connectivity index (χ1) is 9.29. The summed E-state index contributed by atoms with van der Waals surface area (Å²) in [6.45, 7) is 6.10. The molecule has 4 heteroatoms. The average Bonchev–Trinajstić information content (AvgIpc) is 2.48. The lowest BCUT2D eigenvalue weighted by Gasteiger charge is -2.33. The number of piperidine rings is 1. The van der Waals surface area contributed by atoms with Crippen LogP contribution in [0.1, 0.15) is 26.2 Å². The monoisotopic (exact) mass is 298 g/mol. The molecule has 1 aromatic carbocycles. The van der Waals surface area contributed by atoms with Crippen molar-refractivity contribution in [1.82, 2.24) is 5.32 Å². The lowest BCUT2D eigenvalue weighted by Crippen LogP contribution is -2.39. The van der Waals surface area contributed by atoms with Gasteiger partial charge in [-0.15, -0.1) is 12.4 Å². The summed E-state index contributed by atoms with van der Waals surface area (Å²) in [6, 6.07) is 10.5. The van der Waals surface area contributed by atoms with Crippen molar-refractivity contribution in [3.63, 3.8) is 0 Å². The number of hydrogen-bond acceptors (Lipinski definition) is 3. The number of hydrogen-bond donors (Lipinski definition) is 2. The molecule has 1 saturated heterocycles. The van der Waals surface area contributed by atoms with Crippen molar-refractivity contribution in [2.75, 3.05) is 31.1 Å². The van der Waals surface area contributed by atoms with Crippen LogP contribution < -0.4 is 10.2 Å². The minimum absolute atomic E-state index is 0. The minimum Gasteiger partial charge on any atom is -0.391 e. The number of nitrogens with one attached hydrogen (secondary N) is 1. The van der Waals surface area contributed by atoms with Gasteiger partial charge in [-0.3, -0.25) is 0 Å². The molecule has 1 aliphatic rings. The van der Waals surface area contributed by atoms with E-state index in [9.17, 15) is 5.11 Å². The highest BCUT2D eigenvalue weighted by molar-refractivity contribution is 5.85. The van der Waals surface area contributed by atoms with Gasteiger partial charge in [0.1, 0.15) is 0 Å². The maximum absolute atomic E-state index is 9.97. The van der Waals surface area contributed by atoms with Crippen LogP contribution in [0.4, 0.5) is 5.69 Å². The number of benzene rings is 1. The molecule has 0 amide bonds. The Kier molecular flexibility index (Phi) is 7.97. The van der Waals surface area contributed by atoms with Crippen LogP contribution in [0, 0.1) is 5.92 Å². The van der Waals surface area contributed by atoms with Crippen molar-refractivity contribution in [3.8, 4) is 0 Å². The molecule has 0 radical (unpaired) electrons. The molecule has 114 valence electrons. The Hall–Kier alpha value is -0.770. The van der Waals surface area contributed by atoms with Gasteiger partial charge in [-0.25, -0.2) is 0 Å². The zero-order valence-electron chi connectivity index (χ0n) is 12.3. The molecule has 2 N–H and O–H groups in total. The van der Waals surface area contributed by atoms with Crippen LogP contribution in [0.3, 0.4) is 0 Å². The predicted molar refractivity (Wildman–Crippen MR) is 87.8 cm³/mol. The number of aliphatic hydroxyl groups is 1. The van der Waals surface area contributed by atoms with E-state index in [0.29, 0.717) is 0 Å². The highest BCUT2D eigenvalue weighted by Crippen LogP contribution is 2.20. The molecule has 1 heterocycles. The SMILES string of the molecule is CCC(O)CN(CC1CCNCC1)c1ccccc1.Cl. The summed E-state index contributed by atoms with van der Waals surface area (Å²) >= 11 is 0. The smallest absolute Gasteiger partial charge is 0.0712 e. The predicted octanol–water partition coefficient (Wildman–Crippen LogP) is 2.69. The number of anilines is 1. The van der Waals surface area contributed by atoms with E-state index >= 15 is 0 Å². The Morgan fingerprint density at radius 3 is 2.50 bits per heavy atom. The Bertz CT molecular complexity index is 355. The number of halogens is 1. The zero-order valence-corrected chi connectivity index (χ0v) is 13.1.